The fourth-order valence-corrected chi connectivity index (χ4v) is 2.11. The van der Waals surface area contributed by atoms with Gasteiger partial charge in [0.2, 0.25) is 0 Å². The second-order valence-electron chi connectivity index (χ2n) is 4.31. The Morgan fingerprint density at radius 2 is 2.15 bits per heavy atom. The van der Waals surface area contributed by atoms with Crippen molar-refractivity contribution in [3.8, 4) is 6.07 Å². The lowest BCUT2D eigenvalue weighted by atomic mass is 9.77. The van der Waals surface area contributed by atoms with Gasteiger partial charge < -0.3 is 4.74 Å². The van der Waals surface area contributed by atoms with Gasteiger partial charge in [0.25, 0.3) is 0 Å². The van der Waals surface area contributed by atoms with E-state index >= 15 is 0 Å². The molecule has 1 saturated carbocycles. The van der Waals surface area contributed by atoms with E-state index < -0.39 is 5.60 Å². The molecule has 0 amide bonds. The van der Waals surface area contributed by atoms with E-state index in [1.807, 2.05) is 13.8 Å². The van der Waals surface area contributed by atoms with Crippen LogP contribution in [0, 0.1) is 17.2 Å². The normalized spacial score (nSPS) is 34.5. The molecule has 1 fully saturated rings. The third-order valence-corrected chi connectivity index (χ3v) is 2.87. The molecule has 1 rings (SSSR count). The van der Waals surface area contributed by atoms with Crippen LogP contribution in [0.25, 0.3) is 0 Å². The molecule has 0 spiro atoms. The van der Waals surface area contributed by atoms with Gasteiger partial charge in [0.05, 0.1) is 12.2 Å². The Labute approximate surface area is 80.9 Å². The number of ether oxygens (including phenoxy) is 1. The van der Waals surface area contributed by atoms with E-state index in [9.17, 15) is 5.26 Å². The summed E-state index contributed by atoms with van der Waals surface area (Å²) in [4.78, 5) is 0. The predicted molar refractivity (Wildman–Crippen MR) is 52.2 cm³/mol. The summed E-state index contributed by atoms with van der Waals surface area (Å²) < 4.78 is 5.78. The zero-order valence-electron chi connectivity index (χ0n) is 8.84. The molecule has 0 radical (unpaired) electrons. The molecule has 1 aliphatic rings. The second kappa shape index (κ2) is 4.11. The molecule has 0 bridgehead atoms. The average Bonchev–Trinajstić information content (AvgIpc) is 2.08. The Morgan fingerprint density at radius 1 is 1.46 bits per heavy atom. The number of hydrogen-bond donors (Lipinski definition) is 0. The van der Waals surface area contributed by atoms with Crippen molar-refractivity contribution in [1.29, 1.82) is 5.26 Å². The molecule has 0 heterocycles. The monoisotopic (exact) mass is 181 g/mol. The van der Waals surface area contributed by atoms with Crippen LogP contribution in [0.2, 0.25) is 0 Å². The Balaban J connectivity index is 2.72. The number of nitrogens with zero attached hydrogens (tertiary/aromatic N) is 1. The van der Waals surface area contributed by atoms with Crippen molar-refractivity contribution in [3.05, 3.63) is 0 Å². The van der Waals surface area contributed by atoms with Gasteiger partial charge in [-0.15, -0.1) is 0 Å². The third kappa shape index (κ3) is 2.22. The smallest absolute Gasteiger partial charge is 0.157 e. The summed E-state index contributed by atoms with van der Waals surface area (Å²) in [6.07, 6.45) is 4.56. The van der Waals surface area contributed by atoms with Gasteiger partial charge in [-0.3, -0.25) is 0 Å². The summed E-state index contributed by atoms with van der Waals surface area (Å²) in [5.74, 6) is 0.383. The first-order valence-electron chi connectivity index (χ1n) is 5.20. The SMILES string of the molecule is CC(C)OC1(C#N)CCCCC1C. The largest absolute Gasteiger partial charge is 0.357 e. The molecule has 2 atom stereocenters. The maximum Gasteiger partial charge on any atom is 0.157 e. The van der Waals surface area contributed by atoms with Crippen LogP contribution in [0.3, 0.4) is 0 Å². The van der Waals surface area contributed by atoms with Crippen LogP contribution < -0.4 is 0 Å². The minimum Gasteiger partial charge on any atom is -0.357 e. The second-order valence-corrected chi connectivity index (χ2v) is 4.31. The van der Waals surface area contributed by atoms with Gasteiger partial charge in [-0.25, -0.2) is 0 Å². The van der Waals surface area contributed by atoms with E-state index in [2.05, 4.69) is 13.0 Å². The van der Waals surface area contributed by atoms with E-state index in [0.717, 1.165) is 19.3 Å². The lowest BCUT2D eigenvalue weighted by molar-refractivity contribution is -0.0919. The molecule has 0 aromatic carbocycles. The first-order valence-corrected chi connectivity index (χ1v) is 5.20. The highest BCUT2D eigenvalue weighted by Gasteiger charge is 2.40. The number of nitriles is 1. The molecule has 0 saturated heterocycles. The van der Waals surface area contributed by atoms with Crippen molar-refractivity contribution >= 4 is 0 Å². The first-order chi connectivity index (χ1) is 6.10. The minimum atomic E-state index is -0.494. The molecule has 2 heteroatoms. The molecule has 0 aliphatic heterocycles. The summed E-state index contributed by atoms with van der Waals surface area (Å²) in [5, 5.41) is 9.19. The molecular weight excluding hydrogens is 162 g/mol. The third-order valence-electron chi connectivity index (χ3n) is 2.87. The summed E-state index contributed by atoms with van der Waals surface area (Å²) in [7, 11) is 0. The number of hydrogen-bond acceptors (Lipinski definition) is 2. The highest BCUT2D eigenvalue weighted by atomic mass is 16.5. The minimum absolute atomic E-state index is 0.153. The standard InChI is InChI=1S/C11H19NO/c1-9(2)13-11(8-12)7-5-4-6-10(11)3/h9-10H,4-7H2,1-3H3. The molecular formula is C11H19NO. The first kappa shape index (κ1) is 10.5. The molecule has 13 heavy (non-hydrogen) atoms. The van der Waals surface area contributed by atoms with Gasteiger partial charge in [-0.2, -0.15) is 5.26 Å². The van der Waals surface area contributed by atoms with Gasteiger partial charge >= 0.3 is 0 Å². The molecule has 0 aromatic heterocycles. The molecule has 74 valence electrons. The lowest BCUT2D eigenvalue weighted by Gasteiger charge is -2.38. The quantitative estimate of drug-likeness (QED) is 0.656. The predicted octanol–water partition coefficient (Wildman–Crippen LogP) is 2.88. The Bertz CT molecular complexity index is 207. The van der Waals surface area contributed by atoms with Crippen LogP contribution >= 0.6 is 0 Å². The Morgan fingerprint density at radius 3 is 2.62 bits per heavy atom. The average molecular weight is 181 g/mol. The zero-order chi connectivity index (χ0) is 9.90. The summed E-state index contributed by atoms with van der Waals surface area (Å²) >= 11 is 0. The summed E-state index contributed by atoms with van der Waals surface area (Å²) in [5.41, 5.74) is -0.494. The highest BCUT2D eigenvalue weighted by molar-refractivity contribution is 5.07. The lowest BCUT2D eigenvalue weighted by Crippen LogP contribution is -2.42. The van der Waals surface area contributed by atoms with E-state index in [1.54, 1.807) is 0 Å². The summed E-state index contributed by atoms with van der Waals surface area (Å²) in [6, 6.07) is 2.38. The van der Waals surface area contributed by atoms with Crippen molar-refractivity contribution in [2.45, 2.75) is 58.2 Å². The zero-order valence-corrected chi connectivity index (χ0v) is 8.84. The molecule has 2 nitrogen and oxygen atoms in total. The van der Waals surface area contributed by atoms with Crippen molar-refractivity contribution in [1.82, 2.24) is 0 Å². The fourth-order valence-electron chi connectivity index (χ4n) is 2.11. The van der Waals surface area contributed by atoms with Gasteiger partial charge in [-0.05, 0) is 39.0 Å². The van der Waals surface area contributed by atoms with Gasteiger partial charge in [-0.1, -0.05) is 13.3 Å². The highest BCUT2D eigenvalue weighted by Crippen LogP contribution is 2.36. The summed E-state index contributed by atoms with van der Waals surface area (Å²) in [6.45, 7) is 6.13. The van der Waals surface area contributed by atoms with E-state index in [1.165, 1.54) is 6.42 Å². The van der Waals surface area contributed by atoms with E-state index in [4.69, 9.17) is 4.74 Å². The molecule has 1 aliphatic carbocycles. The van der Waals surface area contributed by atoms with Gasteiger partial charge in [0.15, 0.2) is 5.60 Å². The number of rotatable bonds is 2. The van der Waals surface area contributed by atoms with Crippen LogP contribution in [0.15, 0.2) is 0 Å². The van der Waals surface area contributed by atoms with Crippen LogP contribution in [0.1, 0.15) is 46.5 Å². The van der Waals surface area contributed by atoms with Crippen molar-refractivity contribution in [2.24, 2.45) is 5.92 Å². The van der Waals surface area contributed by atoms with E-state index in [0.29, 0.717) is 5.92 Å². The van der Waals surface area contributed by atoms with Crippen LogP contribution in [-0.4, -0.2) is 11.7 Å². The molecule has 0 N–H and O–H groups in total. The van der Waals surface area contributed by atoms with Crippen molar-refractivity contribution in [3.63, 3.8) is 0 Å². The van der Waals surface area contributed by atoms with Gasteiger partial charge in [0.1, 0.15) is 0 Å². The Hall–Kier alpha value is -0.550. The molecule has 2 unspecified atom stereocenters. The Kier molecular flexibility index (Phi) is 3.33. The van der Waals surface area contributed by atoms with Crippen LogP contribution in [0.4, 0.5) is 0 Å². The van der Waals surface area contributed by atoms with E-state index in [-0.39, 0.29) is 6.10 Å². The van der Waals surface area contributed by atoms with Crippen LogP contribution in [0.5, 0.6) is 0 Å². The maximum atomic E-state index is 9.19. The fraction of sp³-hybridized carbons (Fsp3) is 0.909. The van der Waals surface area contributed by atoms with Crippen LogP contribution in [-0.2, 0) is 4.74 Å². The van der Waals surface area contributed by atoms with Gasteiger partial charge in [0, 0.05) is 0 Å². The maximum absolute atomic E-state index is 9.19. The topological polar surface area (TPSA) is 33.0 Å². The van der Waals surface area contributed by atoms with Crippen molar-refractivity contribution in [2.75, 3.05) is 0 Å². The molecule has 0 aromatic rings. The van der Waals surface area contributed by atoms with Crippen molar-refractivity contribution < 1.29 is 4.74 Å².